The van der Waals surface area contributed by atoms with Crippen LogP contribution in [0.4, 0.5) is 0 Å². The zero-order valence-corrected chi connectivity index (χ0v) is 13.0. The second kappa shape index (κ2) is 5.04. The molecule has 3 rings (SSSR count). The Kier molecular flexibility index (Phi) is 3.33. The quantitative estimate of drug-likeness (QED) is 0.741. The Morgan fingerprint density at radius 2 is 1.95 bits per heavy atom. The van der Waals surface area contributed by atoms with E-state index >= 15 is 0 Å². The van der Waals surface area contributed by atoms with Gasteiger partial charge in [0.2, 0.25) is 0 Å². The van der Waals surface area contributed by atoms with E-state index in [0.29, 0.717) is 0 Å². The Morgan fingerprint density at radius 1 is 1.14 bits per heavy atom. The number of nitrogens with zero attached hydrogens (tertiary/aromatic N) is 1. The molecule has 2 aromatic rings. The monoisotopic (exact) mass is 275 g/mol. The first-order valence-corrected chi connectivity index (χ1v) is 7.77. The molecule has 0 aromatic heterocycles. The van der Waals surface area contributed by atoms with Crippen LogP contribution in [-0.4, -0.2) is 0 Å². The van der Waals surface area contributed by atoms with Crippen molar-refractivity contribution in [2.24, 2.45) is 0 Å². The summed E-state index contributed by atoms with van der Waals surface area (Å²) >= 11 is 0. The topological polar surface area (TPSA) is 23.8 Å². The van der Waals surface area contributed by atoms with E-state index < -0.39 is 0 Å². The maximum absolute atomic E-state index is 9.21. The third-order valence-electron chi connectivity index (χ3n) is 4.91. The first-order valence-electron chi connectivity index (χ1n) is 7.77. The molecular weight excluding hydrogens is 254 g/mol. The molecule has 0 bridgehead atoms. The molecule has 1 aliphatic carbocycles. The van der Waals surface area contributed by atoms with Gasteiger partial charge in [0, 0.05) is 5.41 Å². The van der Waals surface area contributed by atoms with E-state index in [0.717, 1.165) is 5.56 Å². The van der Waals surface area contributed by atoms with Crippen molar-refractivity contribution < 1.29 is 0 Å². The Bertz CT molecular complexity index is 736. The SMILES string of the molecule is CCCCC1(C)c2ccc(C#N)cc2-c2c(C)cccc21. The van der Waals surface area contributed by atoms with Crippen LogP contribution in [0, 0.1) is 18.3 Å². The van der Waals surface area contributed by atoms with Crippen LogP contribution < -0.4 is 0 Å². The van der Waals surface area contributed by atoms with Crippen molar-refractivity contribution >= 4 is 0 Å². The third kappa shape index (κ3) is 1.98. The number of unbranched alkanes of at least 4 members (excludes halogenated alkanes) is 1. The third-order valence-corrected chi connectivity index (χ3v) is 4.91. The fraction of sp³-hybridized carbons (Fsp3) is 0.350. The van der Waals surface area contributed by atoms with Crippen molar-refractivity contribution in [2.45, 2.75) is 45.4 Å². The summed E-state index contributed by atoms with van der Waals surface area (Å²) in [5.41, 5.74) is 7.58. The molecule has 0 N–H and O–H groups in total. The number of rotatable bonds is 3. The van der Waals surface area contributed by atoms with Crippen LogP contribution in [0.3, 0.4) is 0 Å². The first-order chi connectivity index (χ1) is 10.1. The molecule has 1 heteroatoms. The smallest absolute Gasteiger partial charge is 0.0991 e. The minimum atomic E-state index is 0.0840. The predicted octanol–water partition coefficient (Wildman–Crippen LogP) is 5.34. The van der Waals surface area contributed by atoms with E-state index in [-0.39, 0.29) is 5.41 Å². The van der Waals surface area contributed by atoms with Crippen LogP contribution in [0.5, 0.6) is 0 Å². The minimum Gasteiger partial charge on any atom is -0.192 e. The summed E-state index contributed by atoms with van der Waals surface area (Å²) in [6.07, 6.45) is 3.60. The highest BCUT2D eigenvalue weighted by molar-refractivity contribution is 5.83. The van der Waals surface area contributed by atoms with Gasteiger partial charge in [0.15, 0.2) is 0 Å². The van der Waals surface area contributed by atoms with Gasteiger partial charge in [0.25, 0.3) is 0 Å². The molecule has 0 saturated heterocycles. The molecule has 106 valence electrons. The van der Waals surface area contributed by atoms with E-state index in [9.17, 15) is 5.26 Å². The number of aryl methyl sites for hydroxylation is 1. The van der Waals surface area contributed by atoms with Crippen LogP contribution in [-0.2, 0) is 5.41 Å². The van der Waals surface area contributed by atoms with Crippen molar-refractivity contribution in [3.63, 3.8) is 0 Å². The van der Waals surface area contributed by atoms with Crippen LogP contribution in [0.1, 0.15) is 55.4 Å². The fourth-order valence-corrected chi connectivity index (χ4v) is 3.73. The van der Waals surface area contributed by atoms with Gasteiger partial charge in [-0.2, -0.15) is 5.26 Å². The molecule has 0 amide bonds. The average molecular weight is 275 g/mol. The van der Waals surface area contributed by atoms with E-state index in [1.807, 2.05) is 6.07 Å². The Balaban J connectivity index is 2.28. The first kappa shape index (κ1) is 13.9. The van der Waals surface area contributed by atoms with Crippen molar-refractivity contribution in [3.8, 4) is 17.2 Å². The highest BCUT2D eigenvalue weighted by Gasteiger charge is 2.39. The zero-order chi connectivity index (χ0) is 15.0. The van der Waals surface area contributed by atoms with Gasteiger partial charge in [-0.25, -0.2) is 0 Å². The standard InChI is InChI=1S/C20H21N/c1-4-5-11-20(3)17-10-9-15(13-21)12-16(17)19-14(2)7-6-8-18(19)20/h6-10,12H,4-5,11H2,1-3H3. The van der Waals surface area contributed by atoms with Crippen molar-refractivity contribution in [2.75, 3.05) is 0 Å². The van der Waals surface area contributed by atoms with E-state index in [1.165, 1.54) is 47.1 Å². The molecule has 21 heavy (non-hydrogen) atoms. The number of hydrogen-bond donors (Lipinski definition) is 0. The number of nitriles is 1. The summed E-state index contributed by atoms with van der Waals surface area (Å²) in [5.74, 6) is 0. The highest BCUT2D eigenvalue weighted by atomic mass is 14.4. The average Bonchev–Trinajstić information content (AvgIpc) is 2.76. The molecule has 2 aromatic carbocycles. The van der Waals surface area contributed by atoms with E-state index in [4.69, 9.17) is 0 Å². The maximum Gasteiger partial charge on any atom is 0.0991 e. The Morgan fingerprint density at radius 3 is 2.67 bits per heavy atom. The lowest BCUT2D eigenvalue weighted by Crippen LogP contribution is -2.20. The van der Waals surface area contributed by atoms with Crippen LogP contribution in [0.15, 0.2) is 36.4 Å². The molecule has 0 spiro atoms. The number of hydrogen-bond acceptors (Lipinski definition) is 1. The van der Waals surface area contributed by atoms with Crippen LogP contribution >= 0.6 is 0 Å². The van der Waals surface area contributed by atoms with Gasteiger partial charge in [0.05, 0.1) is 11.6 Å². The highest BCUT2D eigenvalue weighted by Crippen LogP contribution is 2.52. The van der Waals surface area contributed by atoms with Crippen molar-refractivity contribution in [3.05, 3.63) is 58.7 Å². The van der Waals surface area contributed by atoms with Crippen molar-refractivity contribution in [1.82, 2.24) is 0 Å². The fourth-order valence-electron chi connectivity index (χ4n) is 3.73. The molecule has 0 heterocycles. The molecule has 0 radical (unpaired) electrons. The van der Waals surface area contributed by atoms with E-state index in [1.54, 1.807) is 0 Å². The molecular formula is C20H21N. The van der Waals surface area contributed by atoms with Gasteiger partial charge in [-0.3, -0.25) is 0 Å². The van der Waals surface area contributed by atoms with Gasteiger partial charge in [-0.1, -0.05) is 51.0 Å². The molecule has 1 nitrogen and oxygen atoms in total. The molecule has 1 unspecified atom stereocenters. The molecule has 0 fully saturated rings. The Labute approximate surface area is 127 Å². The molecule has 0 aliphatic heterocycles. The molecule has 0 saturated carbocycles. The van der Waals surface area contributed by atoms with Gasteiger partial charge in [-0.15, -0.1) is 0 Å². The normalized spacial score (nSPS) is 19.0. The second-order valence-corrected chi connectivity index (χ2v) is 6.31. The number of benzene rings is 2. The molecule has 1 atom stereocenters. The number of fused-ring (bicyclic) bond motifs is 3. The van der Waals surface area contributed by atoms with Gasteiger partial charge >= 0.3 is 0 Å². The lowest BCUT2D eigenvalue weighted by atomic mass is 9.76. The summed E-state index contributed by atoms with van der Waals surface area (Å²) in [6.45, 7) is 6.78. The van der Waals surface area contributed by atoms with Crippen LogP contribution in [0.25, 0.3) is 11.1 Å². The summed E-state index contributed by atoms with van der Waals surface area (Å²) in [4.78, 5) is 0. The zero-order valence-electron chi connectivity index (χ0n) is 13.0. The summed E-state index contributed by atoms with van der Waals surface area (Å²) in [7, 11) is 0. The van der Waals surface area contributed by atoms with Crippen molar-refractivity contribution in [1.29, 1.82) is 5.26 Å². The minimum absolute atomic E-state index is 0.0840. The van der Waals surface area contributed by atoms with Gasteiger partial charge < -0.3 is 0 Å². The van der Waals surface area contributed by atoms with Crippen LogP contribution in [0.2, 0.25) is 0 Å². The largest absolute Gasteiger partial charge is 0.192 e. The second-order valence-electron chi connectivity index (χ2n) is 6.31. The summed E-state index contributed by atoms with van der Waals surface area (Å²) in [6, 6.07) is 15.1. The van der Waals surface area contributed by atoms with Gasteiger partial charge in [0.1, 0.15) is 0 Å². The van der Waals surface area contributed by atoms with E-state index in [2.05, 4.69) is 57.2 Å². The lowest BCUT2D eigenvalue weighted by molar-refractivity contribution is 0.504. The Hall–Kier alpha value is -2.07. The van der Waals surface area contributed by atoms with Gasteiger partial charge in [-0.05, 0) is 53.3 Å². The summed E-state index contributed by atoms with van der Waals surface area (Å²) in [5, 5.41) is 9.21. The molecule has 1 aliphatic rings. The lowest BCUT2D eigenvalue weighted by Gasteiger charge is -2.27. The summed E-state index contributed by atoms with van der Waals surface area (Å²) < 4.78 is 0. The maximum atomic E-state index is 9.21. The predicted molar refractivity (Wildman–Crippen MR) is 87.3 cm³/mol.